The molecule has 2 aliphatic rings. The number of hydrogen-bond acceptors (Lipinski definition) is 6. The van der Waals surface area contributed by atoms with E-state index in [-0.39, 0.29) is 37.6 Å². The minimum Gasteiger partial charge on any atom is -0.465 e. The van der Waals surface area contributed by atoms with Crippen molar-refractivity contribution < 1.29 is 33.1 Å². The average Bonchev–Trinajstić information content (AvgIpc) is 3.58. The number of amides is 2. The molecule has 0 aliphatic carbocycles. The number of methoxy groups -OCH3 is 2. The lowest BCUT2D eigenvalue weighted by Crippen LogP contribution is -2.79. The minimum absolute atomic E-state index is 0.0840. The van der Waals surface area contributed by atoms with Crippen molar-refractivity contribution in [3.63, 3.8) is 0 Å². The van der Waals surface area contributed by atoms with Gasteiger partial charge in [-0.15, -0.1) is 0 Å². The summed E-state index contributed by atoms with van der Waals surface area (Å²) in [5.41, 5.74) is 0.174. The van der Waals surface area contributed by atoms with Gasteiger partial charge in [0, 0.05) is 25.8 Å². The molecule has 2 fully saturated rings. The highest BCUT2D eigenvalue weighted by Gasteiger charge is 2.73. The molecule has 2 amide bonds. The molecule has 0 spiro atoms. The fourth-order valence-electron chi connectivity index (χ4n) is 6.34. The van der Waals surface area contributed by atoms with Gasteiger partial charge in [-0.3, -0.25) is 9.69 Å². The van der Waals surface area contributed by atoms with E-state index >= 15 is 0 Å². The van der Waals surface area contributed by atoms with E-state index in [1.54, 1.807) is 0 Å². The molecule has 3 atom stereocenters. The topological polar surface area (TPSA) is 90.0 Å². The van der Waals surface area contributed by atoms with E-state index in [0.717, 1.165) is 11.1 Å². The van der Waals surface area contributed by atoms with Gasteiger partial charge in [0.1, 0.15) is 0 Å². The molecule has 2 aliphatic heterocycles. The third-order valence-corrected chi connectivity index (χ3v) is 7.93. The third kappa shape index (κ3) is 4.66. The highest BCUT2D eigenvalue weighted by molar-refractivity contribution is 5.91. The lowest BCUT2D eigenvalue weighted by Gasteiger charge is -2.50. The summed E-state index contributed by atoms with van der Waals surface area (Å²) in [6.07, 6.45) is 2.38. The number of likely N-dealkylation sites (tertiary alicyclic amines) is 2. The van der Waals surface area contributed by atoms with E-state index in [0.29, 0.717) is 32.2 Å². The summed E-state index contributed by atoms with van der Waals surface area (Å²) in [7, 11) is 2.57. The molecule has 37 heavy (non-hydrogen) atoms. The van der Waals surface area contributed by atoms with E-state index in [2.05, 4.69) is 0 Å². The van der Waals surface area contributed by atoms with Crippen LogP contribution in [0.25, 0.3) is 0 Å². The lowest BCUT2D eigenvalue weighted by molar-refractivity contribution is -0.911. The second kappa shape index (κ2) is 11.3. The maximum Gasteiger partial charge on any atom is 0.391 e. The Morgan fingerprint density at radius 1 is 0.919 bits per heavy atom. The van der Waals surface area contributed by atoms with Crippen molar-refractivity contribution in [2.45, 2.75) is 56.7 Å². The first-order valence-electron chi connectivity index (χ1n) is 12.9. The SMILES string of the molecule is COC(=O)[C@@H]1CCC[N+]1(C(=O)CCc1ccccc1)[C@]1(C(=O)OC)CCCN1C(=O)Cc1ccccc1. The zero-order valence-electron chi connectivity index (χ0n) is 21.6. The van der Waals surface area contributed by atoms with E-state index in [1.165, 1.54) is 19.1 Å². The molecule has 0 saturated carbocycles. The number of esters is 2. The van der Waals surface area contributed by atoms with Crippen LogP contribution in [0.5, 0.6) is 0 Å². The van der Waals surface area contributed by atoms with E-state index in [1.807, 2.05) is 60.7 Å². The predicted molar refractivity (Wildman–Crippen MR) is 136 cm³/mol. The third-order valence-electron chi connectivity index (χ3n) is 7.93. The summed E-state index contributed by atoms with van der Waals surface area (Å²) in [5, 5.41) is 0. The van der Waals surface area contributed by atoms with Crippen molar-refractivity contribution >= 4 is 23.8 Å². The van der Waals surface area contributed by atoms with Gasteiger partial charge >= 0.3 is 17.8 Å². The van der Waals surface area contributed by atoms with Crippen molar-refractivity contribution in [2.75, 3.05) is 27.3 Å². The van der Waals surface area contributed by atoms with Crippen molar-refractivity contribution in [1.82, 2.24) is 4.90 Å². The van der Waals surface area contributed by atoms with Crippen molar-refractivity contribution in [1.29, 1.82) is 0 Å². The molecule has 1 unspecified atom stereocenters. The Labute approximate surface area is 217 Å². The van der Waals surface area contributed by atoms with Crippen molar-refractivity contribution in [2.24, 2.45) is 0 Å². The first-order valence-corrected chi connectivity index (χ1v) is 12.9. The second-order valence-corrected chi connectivity index (χ2v) is 9.77. The lowest BCUT2D eigenvalue weighted by atomic mass is 9.95. The molecule has 0 bridgehead atoms. The molecule has 2 aromatic rings. The van der Waals surface area contributed by atoms with Crippen LogP contribution in [0.2, 0.25) is 0 Å². The molecule has 196 valence electrons. The Bertz CT molecular complexity index is 1140. The molecule has 8 nitrogen and oxygen atoms in total. The van der Waals surface area contributed by atoms with E-state index in [9.17, 15) is 19.2 Å². The Kier molecular flexibility index (Phi) is 8.07. The number of quaternary nitrogens is 1. The molecule has 0 N–H and O–H groups in total. The summed E-state index contributed by atoms with van der Waals surface area (Å²) in [6, 6.07) is 18.0. The van der Waals surface area contributed by atoms with E-state index in [4.69, 9.17) is 9.47 Å². The number of carbonyl (C=O) groups excluding carboxylic acids is 4. The smallest absolute Gasteiger partial charge is 0.391 e. The molecule has 2 saturated heterocycles. The van der Waals surface area contributed by atoms with Gasteiger partial charge in [-0.25, -0.2) is 18.9 Å². The van der Waals surface area contributed by atoms with Crippen LogP contribution in [0.15, 0.2) is 60.7 Å². The number of hydrogen-bond donors (Lipinski definition) is 0. The van der Waals surface area contributed by atoms with Gasteiger partial charge < -0.3 is 9.47 Å². The molecular weight excluding hydrogens is 472 g/mol. The summed E-state index contributed by atoms with van der Waals surface area (Å²) in [4.78, 5) is 56.6. The van der Waals surface area contributed by atoms with Crippen LogP contribution in [-0.2, 0) is 41.5 Å². The molecule has 8 heteroatoms. The zero-order chi connectivity index (χ0) is 26.5. The molecule has 4 rings (SSSR count). The van der Waals surface area contributed by atoms with Crippen molar-refractivity contribution in [3.05, 3.63) is 71.8 Å². The van der Waals surface area contributed by atoms with E-state index < -0.39 is 28.1 Å². The van der Waals surface area contributed by atoms with Crippen LogP contribution in [0.3, 0.4) is 0 Å². The molecule has 2 heterocycles. The molecule has 0 radical (unpaired) electrons. The Hall–Kier alpha value is -3.52. The number of carbonyl (C=O) groups is 4. The Morgan fingerprint density at radius 3 is 2.19 bits per heavy atom. The molecule has 2 aromatic carbocycles. The number of aryl methyl sites for hydroxylation is 1. The van der Waals surface area contributed by atoms with Gasteiger partial charge in [0.05, 0.1) is 33.6 Å². The maximum absolute atomic E-state index is 14.3. The quantitative estimate of drug-likeness (QED) is 0.403. The van der Waals surface area contributed by atoms with Crippen LogP contribution in [0.4, 0.5) is 0 Å². The predicted octanol–water partition coefficient (Wildman–Crippen LogP) is 3.03. The summed E-state index contributed by atoms with van der Waals surface area (Å²) >= 11 is 0. The van der Waals surface area contributed by atoms with Crippen LogP contribution in [0, 0.1) is 0 Å². The Balaban J connectivity index is 1.80. The normalized spacial score (nSPS) is 25.0. The highest BCUT2D eigenvalue weighted by Crippen LogP contribution is 2.47. The van der Waals surface area contributed by atoms with Crippen LogP contribution in [0.1, 0.15) is 43.2 Å². The number of rotatable bonds is 8. The van der Waals surface area contributed by atoms with Gasteiger partial charge in [0.15, 0.2) is 6.04 Å². The van der Waals surface area contributed by atoms with Crippen LogP contribution in [-0.4, -0.2) is 72.1 Å². The molecule has 0 aromatic heterocycles. The maximum atomic E-state index is 14.3. The molecular formula is C29H35N2O6+. The zero-order valence-corrected chi connectivity index (χ0v) is 21.6. The second-order valence-electron chi connectivity index (χ2n) is 9.77. The fourth-order valence-corrected chi connectivity index (χ4v) is 6.34. The number of benzene rings is 2. The first-order chi connectivity index (χ1) is 17.9. The largest absolute Gasteiger partial charge is 0.465 e. The number of ether oxygens (including phenoxy) is 2. The van der Waals surface area contributed by atoms with Gasteiger partial charge in [0.2, 0.25) is 5.91 Å². The first kappa shape index (κ1) is 26.5. The van der Waals surface area contributed by atoms with Gasteiger partial charge in [-0.05, 0) is 24.0 Å². The Morgan fingerprint density at radius 2 is 1.57 bits per heavy atom. The number of nitrogens with zero attached hydrogens (tertiary/aromatic N) is 2. The van der Waals surface area contributed by atoms with Crippen LogP contribution >= 0.6 is 0 Å². The minimum atomic E-state index is -1.62. The monoisotopic (exact) mass is 507 g/mol. The van der Waals surface area contributed by atoms with Gasteiger partial charge in [0.25, 0.3) is 5.66 Å². The standard InChI is InChI=1S/C29H35N2O6/c1-36-27(34)24-15-9-20-31(24,26(33)17-16-22-11-5-3-6-12-22)29(28(35)37-2)18-10-19-30(29)25(32)21-23-13-7-4-8-14-23/h3-8,11-14,24H,9-10,15-21H2,1-2H3/q+1/t24-,29-,31?/m0/s1. The fraction of sp³-hybridized carbons (Fsp3) is 0.448. The summed E-state index contributed by atoms with van der Waals surface area (Å²) < 4.78 is 10.0. The highest BCUT2D eigenvalue weighted by atomic mass is 16.5. The van der Waals surface area contributed by atoms with Crippen molar-refractivity contribution in [3.8, 4) is 0 Å². The van der Waals surface area contributed by atoms with Gasteiger partial charge in [-0.1, -0.05) is 60.7 Å². The van der Waals surface area contributed by atoms with Crippen LogP contribution < -0.4 is 0 Å². The van der Waals surface area contributed by atoms with Gasteiger partial charge in [-0.2, -0.15) is 0 Å². The average molecular weight is 508 g/mol. The summed E-state index contributed by atoms with van der Waals surface area (Å²) in [5.74, 6) is -1.72. The summed E-state index contributed by atoms with van der Waals surface area (Å²) in [6.45, 7) is 0.568.